The minimum absolute atomic E-state index is 0. The summed E-state index contributed by atoms with van der Waals surface area (Å²) in [6.45, 7) is 4.97. The number of rotatable bonds is 7. The molecule has 4 nitrogen and oxygen atoms in total. The molecule has 1 fully saturated rings. The van der Waals surface area contributed by atoms with Crippen LogP contribution in [0.2, 0.25) is 0 Å². The van der Waals surface area contributed by atoms with Gasteiger partial charge in [-0.3, -0.25) is 4.79 Å². The summed E-state index contributed by atoms with van der Waals surface area (Å²) in [6.07, 6.45) is 3.01. The first-order chi connectivity index (χ1) is 12.8. The number of piperidine rings is 1. The number of benzene rings is 2. The van der Waals surface area contributed by atoms with Crippen molar-refractivity contribution in [3.63, 3.8) is 0 Å². The topological polar surface area (TPSA) is 41.6 Å². The number of hydrogen-bond acceptors (Lipinski definition) is 3. The van der Waals surface area contributed by atoms with Gasteiger partial charge >= 0.3 is 0 Å². The van der Waals surface area contributed by atoms with Crippen LogP contribution in [0.4, 0.5) is 0 Å². The molecular weight excluding hydrogens is 360 g/mol. The van der Waals surface area contributed by atoms with Crippen LogP contribution in [-0.4, -0.2) is 43.1 Å². The molecule has 0 aromatic heterocycles. The summed E-state index contributed by atoms with van der Waals surface area (Å²) in [6, 6.07) is 18.4. The zero-order chi connectivity index (χ0) is 18.2. The Balaban J connectivity index is 0.00000261. The first-order valence-corrected chi connectivity index (χ1v) is 9.57. The van der Waals surface area contributed by atoms with Gasteiger partial charge in [0.2, 0.25) is 0 Å². The Morgan fingerprint density at radius 2 is 1.74 bits per heavy atom. The van der Waals surface area contributed by atoms with Crippen molar-refractivity contribution >= 4 is 18.3 Å². The Kier molecular flexibility index (Phi) is 8.62. The number of halogens is 1. The predicted octanol–water partition coefficient (Wildman–Crippen LogP) is 4.14. The lowest BCUT2D eigenvalue weighted by atomic mass is 10.0. The summed E-state index contributed by atoms with van der Waals surface area (Å²) in [5, 5.41) is 3.36. The number of carbonyl (C=O) groups excluding carboxylic acids is 1. The van der Waals surface area contributed by atoms with Crippen LogP contribution in [0.5, 0.6) is 5.75 Å². The average molecular weight is 389 g/mol. The first kappa shape index (κ1) is 21.3. The molecule has 1 aliphatic heterocycles. The highest BCUT2D eigenvalue weighted by molar-refractivity contribution is 5.85. The number of nitrogens with one attached hydrogen (secondary N) is 1. The zero-order valence-electron chi connectivity index (χ0n) is 15.9. The standard InChI is InChI=1S/C22H28N2O2.ClH/c1-2-16-24(19-12-14-23-15-13-19)22(25)17-26-21-11-7-6-10-20(21)18-8-4-3-5-9-18;/h3-11,19,23H,2,12-17H2,1H3;1H. The van der Waals surface area contributed by atoms with Crippen molar-refractivity contribution in [2.75, 3.05) is 26.2 Å². The molecule has 2 aromatic rings. The van der Waals surface area contributed by atoms with Crippen LogP contribution in [0.1, 0.15) is 26.2 Å². The SMILES string of the molecule is CCCN(C(=O)COc1ccccc1-c1ccccc1)C1CCNCC1.Cl. The minimum atomic E-state index is 0. The molecule has 0 saturated carbocycles. The van der Waals surface area contributed by atoms with Gasteiger partial charge < -0.3 is 15.0 Å². The lowest BCUT2D eigenvalue weighted by Crippen LogP contribution is -2.48. The molecule has 0 unspecified atom stereocenters. The van der Waals surface area contributed by atoms with E-state index in [0.717, 1.165) is 55.8 Å². The Morgan fingerprint density at radius 3 is 2.44 bits per heavy atom. The second-order valence-corrected chi connectivity index (χ2v) is 6.72. The van der Waals surface area contributed by atoms with Crippen molar-refractivity contribution in [1.29, 1.82) is 0 Å². The maximum atomic E-state index is 12.8. The molecule has 0 atom stereocenters. The van der Waals surface area contributed by atoms with Crippen molar-refractivity contribution in [1.82, 2.24) is 10.2 Å². The minimum Gasteiger partial charge on any atom is -0.483 e. The third kappa shape index (κ3) is 5.72. The van der Waals surface area contributed by atoms with Gasteiger partial charge in [0.1, 0.15) is 5.75 Å². The Bertz CT molecular complexity index is 702. The van der Waals surface area contributed by atoms with Crippen molar-refractivity contribution < 1.29 is 9.53 Å². The van der Waals surface area contributed by atoms with Gasteiger partial charge in [-0.25, -0.2) is 0 Å². The average Bonchev–Trinajstić information content (AvgIpc) is 2.72. The molecule has 1 N–H and O–H groups in total. The van der Waals surface area contributed by atoms with Gasteiger partial charge in [-0.1, -0.05) is 55.5 Å². The maximum absolute atomic E-state index is 12.8. The molecule has 1 heterocycles. The number of carbonyl (C=O) groups is 1. The largest absolute Gasteiger partial charge is 0.483 e. The van der Waals surface area contributed by atoms with E-state index in [9.17, 15) is 4.79 Å². The summed E-state index contributed by atoms with van der Waals surface area (Å²) in [7, 11) is 0. The van der Waals surface area contributed by atoms with Crippen LogP contribution in [0.25, 0.3) is 11.1 Å². The zero-order valence-corrected chi connectivity index (χ0v) is 16.7. The molecule has 3 rings (SSSR count). The Labute approximate surface area is 168 Å². The van der Waals surface area contributed by atoms with Crippen LogP contribution in [0.15, 0.2) is 54.6 Å². The third-order valence-electron chi connectivity index (χ3n) is 4.86. The number of nitrogens with zero attached hydrogens (tertiary/aromatic N) is 1. The van der Waals surface area contributed by atoms with Gasteiger partial charge in [0, 0.05) is 18.2 Å². The van der Waals surface area contributed by atoms with Gasteiger partial charge in [-0.05, 0) is 44.0 Å². The molecule has 1 saturated heterocycles. The number of ether oxygens (including phenoxy) is 1. The molecule has 27 heavy (non-hydrogen) atoms. The fourth-order valence-corrected chi connectivity index (χ4v) is 3.54. The molecule has 1 aliphatic rings. The summed E-state index contributed by atoms with van der Waals surface area (Å²) in [5.74, 6) is 0.843. The van der Waals surface area contributed by atoms with Crippen molar-refractivity contribution in [3.8, 4) is 16.9 Å². The van der Waals surface area contributed by atoms with E-state index in [1.54, 1.807) is 0 Å². The number of para-hydroxylation sites is 1. The fourth-order valence-electron chi connectivity index (χ4n) is 3.54. The van der Waals surface area contributed by atoms with Gasteiger partial charge in [0.25, 0.3) is 5.91 Å². The van der Waals surface area contributed by atoms with Crippen LogP contribution in [0.3, 0.4) is 0 Å². The van der Waals surface area contributed by atoms with Crippen molar-refractivity contribution in [3.05, 3.63) is 54.6 Å². The Hall–Kier alpha value is -2.04. The Morgan fingerprint density at radius 1 is 1.07 bits per heavy atom. The van der Waals surface area contributed by atoms with E-state index < -0.39 is 0 Å². The molecule has 0 radical (unpaired) electrons. The molecule has 146 valence electrons. The smallest absolute Gasteiger partial charge is 0.260 e. The van der Waals surface area contributed by atoms with Crippen molar-refractivity contribution in [2.45, 2.75) is 32.2 Å². The molecule has 1 amide bonds. The van der Waals surface area contributed by atoms with Crippen LogP contribution in [-0.2, 0) is 4.79 Å². The van der Waals surface area contributed by atoms with Crippen molar-refractivity contribution in [2.24, 2.45) is 0 Å². The van der Waals surface area contributed by atoms with E-state index in [1.807, 2.05) is 47.4 Å². The third-order valence-corrected chi connectivity index (χ3v) is 4.86. The quantitative estimate of drug-likeness (QED) is 0.774. The van der Waals surface area contributed by atoms with Crippen LogP contribution >= 0.6 is 12.4 Å². The van der Waals surface area contributed by atoms with Gasteiger partial charge in [-0.2, -0.15) is 0 Å². The molecule has 2 aromatic carbocycles. The fraction of sp³-hybridized carbons (Fsp3) is 0.409. The van der Waals surface area contributed by atoms with E-state index in [4.69, 9.17) is 4.74 Å². The second-order valence-electron chi connectivity index (χ2n) is 6.72. The van der Waals surface area contributed by atoms with E-state index >= 15 is 0 Å². The first-order valence-electron chi connectivity index (χ1n) is 9.57. The van der Waals surface area contributed by atoms with Gasteiger partial charge in [0.05, 0.1) is 0 Å². The summed E-state index contributed by atoms with van der Waals surface area (Å²) >= 11 is 0. The lowest BCUT2D eigenvalue weighted by Gasteiger charge is -2.34. The summed E-state index contributed by atoms with van der Waals surface area (Å²) < 4.78 is 5.96. The van der Waals surface area contributed by atoms with E-state index in [0.29, 0.717) is 6.04 Å². The molecule has 0 aliphatic carbocycles. The normalized spacial score (nSPS) is 14.3. The van der Waals surface area contributed by atoms with Crippen LogP contribution < -0.4 is 10.1 Å². The molecular formula is C22H29ClN2O2. The highest BCUT2D eigenvalue weighted by Crippen LogP contribution is 2.29. The van der Waals surface area contributed by atoms with E-state index in [1.165, 1.54) is 0 Å². The van der Waals surface area contributed by atoms with Crippen LogP contribution in [0, 0.1) is 0 Å². The highest BCUT2D eigenvalue weighted by Gasteiger charge is 2.25. The lowest BCUT2D eigenvalue weighted by molar-refractivity contribution is -0.136. The molecule has 0 spiro atoms. The van der Waals surface area contributed by atoms with E-state index in [-0.39, 0.29) is 24.9 Å². The summed E-state index contributed by atoms with van der Waals surface area (Å²) in [5.41, 5.74) is 2.11. The number of hydrogen-bond donors (Lipinski definition) is 1. The van der Waals surface area contributed by atoms with E-state index in [2.05, 4.69) is 24.4 Å². The highest BCUT2D eigenvalue weighted by atomic mass is 35.5. The second kappa shape index (κ2) is 11.0. The number of amides is 1. The van der Waals surface area contributed by atoms with Gasteiger partial charge in [0.15, 0.2) is 6.61 Å². The maximum Gasteiger partial charge on any atom is 0.260 e. The predicted molar refractivity (Wildman–Crippen MR) is 113 cm³/mol. The monoisotopic (exact) mass is 388 g/mol. The summed E-state index contributed by atoms with van der Waals surface area (Å²) in [4.78, 5) is 14.9. The molecule has 5 heteroatoms. The molecule has 0 bridgehead atoms. The van der Waals surface area contributed by atoms with Gasteiger partial charge in [-0.15, -0.1) is 12.4 Å².